The zero-order valence-electron chi connectivity index (χ0n) is 18.9. The van der Waals surface area contributed by atoms with Crippen molar-refractivity contribution in [1.29, 1.82) is 0 Å². The molecule has 0 radical (unpaired) electrons. The van der Waals surface area contributed by atoms with E-state index >= 15 is 0 Å². The molecule has 0 aromatic heterocycles. The van der Waals surface area contributed by atoms with E-state index in [0.717, 1.165) is 45.2 Å². The Bertz CT molecular complexity index is 623. The first-order chi connectivity index (χ1) is 14.2. The predicted molar refractivity (Wildman–Crippen MR) is 137 cm³/mol. The van der Waals surface area contributed by atoms with Gasteiger partial charge >= 0.3 is 0 Å². The van der Waals surface area contributed by atoms with Crippen LogP contribution in [0.4, 0.5) is 0 Å². The van der Waals surface area contributed by atoms with Crippen LogP contribution in [0.1, 0.15) is 63.0 Å². The number of likely N-dealkylation sites (tertiary alicyclic amines) is 1. The number of nitrogens with zero attached hydrogens (tertiary/aromatic N) is 2. The highest BCUT2D eigenvalue weighted by atomic mass is 127. The second-order valence-corrected chi connectivity index (χ2v) is 8.73. The van der Waals surface area contributed by atoms with Crippen molar-refractivity contribution in [2.24, 2.45) is 10.4 Å². The first-order valence-corrected chi connectivity index (χ1v) is 11.6. The third-order valence-corrected chi connectivity index (χ3v) is 6.59. The molecule has 0 spiro atoms. The number of halogens is 1. The number of hydrogen-bond acceptors (Lipinski definition) is 3. The SMILES string of the molecule is CCOCCC1(CNC(=NC)NCc2ccc(CN3CCCC3)cc2)CCCC1.I. The molecule has 0 amide bonds. The molecule has 170 valence electrons. The van der Waals surface area contributed by atoms with Gasteiger partial charge in [-0.05, 0) is 68.7 Å². The minimum atomic E-state index is 0. The van der Waals surface area contributed by atoms with Crippen molar-refractivity contribution < 1.29 is 4.74 Å². The van der Waals surface area contributed by atoms with Crippen LogP contribution in [0.15, 0.2) is 29.3 Å². The van der Waals surface area contributed by atoms with Crippen LogP contribution in [0.25, 0.3) is 0 Å². The molecule has 1 aliphatic carbocycles. The van der Waals surface area contributed by atoms with Gasteiger partial charge in [0.2, 0.25) is 0 Å². The summed E-state index contributed by atoms with van der Waals surface area (Å²) in [4.78, 5) is 6.98. The van der Waals surface area contributed by atoms with Gasteiger partial charge in [0.15, 0.2) is 5.96 Å². The maximum atomic E-state index is 5.63. The molecule has 2 fully saturated rings. The first-order valence-electron chi connectivity index (χ1n) is 11.6. The zero-order chi connectivity index (χ0) is 20.4. The van der Waals surface area contributed by atoms with Crippen molar-refractivity contribution >= 4 is 29.9 Å². The van der Waals surface area contributed by atoms with Gasteiger partial charge in [-0.2, -0.15) is 0 Å². The largest absolute Gasteiger partial charge is 0.382 e. The Balaban J connectivity index is 0.00000320. The van der Waals surface area contributed by atoms with Crippen molar-refractivity contribution in [1.82, 2.24) is 15.5 Å². The van der Waals surface area contributed by atoms with Crippen molar-refractivity contribution in [3.63, 3.8) is 0 Å². The maximum Gasteiger partial charge on any atom is 0.191 e. The van der Waals surface area contributed by atoms with Gasteiger partial charge in [0.05, 0.1) is 0 Å². The Morgan fingerprint density at radius 3 is 2.33 bits per heavy atom. The van der Waals surface area contributed by atoms with Gasteiger partial charge in [-0.15, -0.1) is 24.0 Å². The van der Waals surface area contributed by atoms with Crippen LogP contribution in [-0.2, 0) is 17.8 Å². The summed E-state index contributed by atoms with van der Waals surface area (Å²) in [6, 6.07) is 9.03. The third-order valence-electron chi connectivity index (χ3n) is 6.59. The number of benzene rings is 1. The number of aliphatic imine (C=N–C) groups is 1. The van der Waals surface area contributed by atoms with Crippen LogP contribution in [0.5, 0.6) is 0 Å². The number of rotatable bonds is 10. The van der Waals surface area contributed by atoms with E-state index in [1.807, 2.05) is 7.05 Å². The lowest BCUT2D eigenvalue weighted by molar-refractivity contribution is 0.105. The van der Waals surface area contributed by atoms with Crippen molar-refractivity contribution in [3.05, 3.63) is 35.4 Å². The summed E-state index contributed by atoms with van der Waals surface area (Å²) in [7, 11) is 1.86. The van der Waals surface area contributed by atoms with Crippen molar-refractivity contribution in [3.8, 4) is 0 Å². The van der Waals surface area contributed by atoms with Crippen molar-refractivity contribution in [2.45, 2.75) is 65.0 Å². The van der Waals surface area contributed by atoms with Crippen molar-refractivity contribution in [2.75, 3.05) is 39.9 Å². The minimum Gasteiger partial charge on any atom is -0.382 e. The topological polar surface area (TPSA) is 48.9 Å². The molecule has 1 saturated heterocycles. The molecule has 0 unspecified atom stereocenters. The lowest BCUT2D eigenvalue weighted by atomic mass is 9.83. The average Bonchev–Trinajstić information content (AvgIpc) is 3.42. The smallest absolute Gasteiger partial charge is 0.191 e. The average molecular weight is 529 g/mol. The Kier molecular flexibility index (Phi) is 11.5. The van der Waals surface area contributed by atoms with Gasteiger partial charge in [-0.25, -0.2) is 0 Å². The molecule has 2 N–H and O–H groups in total. The second-order valence-electron chi connectivity index (χ2n) is 8.73. The molecule has 3 rings (SSSR count). The minimum absolute atomic E-state index is 0. The molecule has 1 aliphatic heterocycles. The quantitative estimate of drug-likeness (QED) is 0.203. The van der Waals surface area contributed by atoms with E-state index in [9.17, 15) is 0 Å². The molecule has 6 heteroatoms. The summed E-state index contributed by atoms with van der Waals surface area (Å²) in [5.41, 5.74) is 3.07. The highest BCUT2D eigenvalue weighted by molar-refractivity contribution is 14.0. The Morgan fingerprint density at radius 2 is 1.70 bits per heavy atom. The maximum absolute atomic E-state index is 5.63. The number of hydrogen-bond donors (Lipinski definition) is 2. The van der Waals surface area contributed by atoms with E-state index in [4.69, 9.17) is 4.74 Å². The van der Waals surface area contributed by atoms with E-state index in [1.54, 1.807) is 0 Å². The fourth-order valence-corrected chi connectivity index (χ4v) is 4.71. The molecule has 1 saturated carbocycles. The van der Waals surface area contributed by atoms with Crippen LogP contribution in [0, 0.1) is 5.41 Å². The van der Waals surface area contributed by atoms with Gasteiger partial charge in [0, 0.05) is 39.9 Å². The van der Waals surface area contributed by atoms with Gasteiger partial charge in [0.1, 0.15) is 0 Å². The molecule has 1 heterocycles. The Hall–Kier alpha value is -0.860. The van der Waals surface area contributed by atoms with E-state index in [2.05, 4.69) is 51.7 Å². The third kappa shape index (κ3) is 8.00. The van der Waals surface area contributed by atoms with Gasteiger partial charge in [-0.3, -0.25) is 9.89 Å². The summed E-state index contributed by atoms with van der Waals surface area (Å²) in [5, 5.41) is 7.07. The predicted octanol–water partition coefficient (Wildman–Crippen LogP) is 4.55. The molecule has 30 heavy (non-hydrogen) atoms. The molecular weight excluding hydrogens is 487 g/mol. The second kappa shape index (κ2) is 13.5. The zero-order valence-corrected chi connectivity index (χ0v) is 21.3. The summed E-state index contributed by atoms with van der Waals surface area (Å²) < 4.78 is 5.63. The fraction of sp³-hybridized carbons (Fsp3) is 0.708. The van der Waals surface area contributed by atoms with E-state index in [1.165, 1.54) is 62.7 Å². The van der Waals surface area contributed by atoms with Crippen LogP contribution in [0.2, 0.25) is 0 Å². The van der Waals surface area contributed by atoms with Gasteiger partial charge < -0.3 is 15.4 Å². The molecular formula is C24H41IN4O. The Morgan fingerprint density at radius 1 is 1.03 bits per heavy atom. The lowest BCUT2D eigenvalue weighted by Crippen LogP contribution is -2.43. The Labute approximate surface area is 200 Å². The standard InChI is InChI=1S/C24H40N4O.HI/c1-3-29-17-14-24(12-4-5-13-24)20-27-23(25-2)26-18-21-8-10-22(11-9-21)19-28-15-6-7-16-28;/h8-11H,3-7,12-20H2,1-2H3,(H2,25,26,27);1H. The molecule has 1 aromatic rings. The van der Waals surface area contributed by atoms with Gasteiger partial charge in [-0.1, -0.05) is 37.1 Å². The fourth-order valence-electron chi connectivity index (χ4n) is 4.71. The van der Waals surface area contributed by atoms with Crippen LogP contribution >= 0.6 is 24.0 Å². The van der Waals surface area contributed by atoms with E-state index in [0.29, 0.717) is 5.41 Å². The molecule has 1 aromatic carbocycles. The summed E-state index contributed by atoms with van der Waals surface area (Å²) in [5.74, 6) is 0.897. The number of ether oxygens (including phenoxy) is 1. The van der Waals surface area contributed by atoms with E-state index in [-0.39, 0.29) is 24.0 Å². The highest BCUT2D eigenvalue weighted by Crippen LogP contribution is 2.40. The number of nitrogens with one attached hydrogen (secondary N) is 2. The highest BCUT2D eigenvalue weighted by Gasteiger charge is 2.33. The molecule has 2 aliphatic rings. The molecule has 5 nitrogen and oxygen atoms in total. The summed E-state index contributed by atoms with van der Waals surface area (Å²) in [6.45, 7) is 9.11. The molecule has 0 bridgehead atoms. The van der Waals surface area contributed by atoms with Crippen LogP contribution in [-0.4, -0.2) is 50.8 Å². The van der Waals surface area contributed by atoms with E-state index < -0.39 is 0 Å². The lowest BCUT2D eigenvalue weighted by Gasteiger charge is -2.30. The number of guanidine groups is 1. The van der Waals surface area contributed by atoms with Gasteiger partial charge in [0.25, 0.3) is 0 Å². The van der Waals surface area contributed by atoms with Crippen LogP contribution < -0.4 is 10.6 Å². The van der Waals surface area contributed by atoms with Crippen LogP contribution in [0.3, 0.4) is 0 Å². The normalized spacial score (nSPS) is 18.9. The molecule has 0 atom stereocenters. The first kappa shape index (κ1) is 25.4. The summed E-state index contributed by atoms with van der Waals surface area (Å²) in [6.07, 6.45) is 9.10. The monoisotopic (exact) mass is 528 g/mol. The summed E-state index contributed by atoms with van der Waals surface area (Å²) >= 11 is 0.